The Morgan fingerprint density at radius 2 is 1.23 bits per heavy atom. The van der Waals surface area contributed by atoms with Crippen LogP contribution in [0.2, 0.25) is 0 Å². The van der Waals surface area contributed by atoms with Gasteiger partial charge in [0.15, 0.2) is 0 Å². The number of hydrogen-bond donors (Lipinski definition) is 1. The van der Waals surface area contributed by atoms with Crippen molar-refractivity contribution in [3.05, 3.63) is 48.6 Å². The number of unbranched alkanes of at least 4 members (excludes halogenated alkanes) is 9. The van der Waals surface area contributed by atoms with E-state index in [0.717, 1.165) is 12.5 Å². The molecule has 0 fully saturated rings. The summed E-state index contributed by atoms with van der Waals surface area (Å²) in [7, 11) is 0. The van der Waals surface area contributed by atoms with E-state index in [1.165, 1.54) is 63.9 Å². The molecule has 124 valence electrons. The van der Waals surface area contributed by atoms with Gasteiger partial charge in [-0.05, 0) is 12.8 Å². The number of hydrogen-bond acceptors (Lipinski definition) is 1. The topological polar surface area (TPSA) is 37.3 Å². The Morgan fingerprint density at radius 1 is 0.727 bits per heavy atom. The number of carboxylic acids is 1. The summed E-state index contributed by atoms with van der Waals surface area (Å²) in [5.41, 5.74) is 0. The highest BCUT2D eigenvalue weighted by atomic mass is 16.4. The molecule has 0 bridgehead atoms. The molecule has 0 unspecified atom stereocenters. The summed E-state index contributed by atoms with van der Waals surface area (Å²) < 4.78 is 0. The lowest BCUT2D eigenvalue weighted by Crippen LogP contribution is -1.84. The second kappa shape index (κ2) is 17.5. The molecule has 1 N–H and O–H groups in total. The minimum atomic E-state index is -0.922. The van der Waals surface area contributed by atoms with Crippen LogP contribution in [0.15, 0.2) is 48.6 Å². The third-order valence-corrected chi connectivity index (χ3v) is 3.40. The highest BCUT2D eigenvalue weighted by Crippen LogP contribution is 2.10. The summed E-state index contributed by atoms with van der Waals surface area (Å²) in [5, 5.41) is 8.39. The fourth-order valence-electron chi connectivity index (χ4n) is 2.14. The van der Waals surface area contributed by atoms with Gasteiger partial charge in [-0.25, -0.2) is 4.79 Å². The van der Waals surface area contributed by atoms with Crippen LogP contribution in [0.5, 0.6) is 0 Å². The van der Waals surface area contributed by atoms with Gasteiger partial charge in [0.2, 0.25) is 0 Å². The van der Waals surface area contributed by atoms with Crippen LogP contribution in [0.3, 0.4) is 0 Å². The molecule has 2 nitrogen and oxygen atoms in total. The molecule has 0 aliphatic carbocycles. The molecule has 0 radical (unpaired) electrons. The van der Waals surface area contributed by atoms with Crippen LogP contribution in [0.1, 0.15) is 71.1 Å². The average molecular weight is 304 g/mol. The van der Waals surface area contributed by atoms with Crippen molar-refractivity contribution in [3.63, 3.8) is 0 Å². The molecule has 0 saturated heterocycles. The number of allylic oxidation sites excluding steroid dienone is 7. The summed E-state index contributed by atoms with van der Waals surface area (Å²) in [6, 6.07) is 0. The lowest BCUT2D eigenvalue weighted by molar-refractivity contribution is -0.131. The van der Waals surface area contributed by atoms with Crippen LogP contribution in [0, 0.1) is 0 Å². The normalized spacial score (nSPS) is 12.4. The molecule has 2 heteroatoms. The Hall–Kier alpha value is -1.57. The Bertz CT molecular complexity index is 362. The summed E-state index contributed by atoms with van der Waals surface area (Å²) in [6.45, 7) is 2.26. The van der Waals surface area contributed by atoms with E-state index in [9.17, 15) is 4.79 Å². The molecular formula is C20H32O2. The quantitative estimate of drug-likeness (QED) is 0.235. The highest BCUT2D eigenvalue weighted by Gasteiger charge is 1.90. The highest BCUT2D eigenvalue weighted by molar-refractivity contribution is 5.80. The van der Waals surface area contributed by atoms with Crippen LogP contribution in [0.25, 0.3) is 0 Å². The first-order chi connectivity index (χ1) is 10.8. The lowest BCUT2D eigenvalue weighted by atomic mass is 10.1. The van der Waals surface area contributed by atoms with Crippen molar-refractivity contribution in [2.45, 2.75) is 71.1 Å². The first-order valence-corrected chi connectivity index (χ1v) is 8.67. The van der Waals surface area contributed by atoms with E-state index in [2.05, 4.69) is 19.1 Å². The third kappa shape index (κ3) is 18.4. The van der Waals surface area contributed by atoms with Gasteiger partial charge in [0, 0.05) is 6.08 Å². The predicted octanol–water partition coefficient (Wildman–Crippen LogP) is 6.22. The zero-order chi connectivity index (χ0) is 16.3. The van der Waals surface area contributed by atoms with Gasteiger partial charge in [-0.2, -0.15) is 0 Å². The summed E-state index contributed by atoms with van der Waals surface area (Å²) in [5.74, 6) is -0.922. The maximum absolute atomic E-state index is 10.2. The molecule has 0 amide bonds. The molecule has 0 aliphatic rings. The van der Waals surface area contributed by atoms with Crippen molar-refractivity contribution in [3.8, 4) is 0 Å². The molecule has 0 atom stereocenters. The van der Waals surface area contributed by atoms with E-state index in [0.29, 0.717) is 0 Å². The van der Waals surface area contributed by atoms with Gasteiger partial charge in [0.1, 0.15) is 0 Å². The van der Waals surface area contributed by atoms with Gasteiger partial charge in [-0.15, -0.1) is 0 Å². The molecule has 0 aliphatic heterocycles. The fraction of sp³-hybridized carbons (Fsp3) is 0.550. The van der Waals surface area contributed by atoms with Crippen molar-refractivity contribution in [2.75, 3.05) is 0 Å². The maximum atomic E-state index is 10.2. The minimum Gasteiger partial charge on any atom is -0.478 e. The Kier molecular flexibility index (Phi) is 16.2. The largest absolute Gasteiger partial charge is 0.478 e. The molecule has 0 aromatic carbocycles. The zero-order valence-electron chi connectivity index (χ0n) is 14.0. The van der Waals surface area contributed by atoms with Gasteiger partial charge < -0.3 is 5.11 Å². The minimum absolute atomic E-state index is 0.922. The summed E-state index contributed by atoms with van der Waals surface area (Å²) in [4.78, 5) is 10.2. The van der Waals surface area contributed by atoms with Crippen molar-refractivity contribution < 1.29 is 9.90 Å². The first-order valence-electron chi connectivity index (χ1n) is 8.67. The van der Waals surface area contributed by atoms with Gasteiger partial charge in [0.25, 0.3) is 0 Å². The fourth-order valence-corrected chi connectivity index (χ4v) is 2.14. The molecule has 0 heterocycles. The van der Waals surface area contributed by atoms with E-state index < -0.39 is 5.97 Å². The maximum Gasteiger partial charge on any atom is 0.328 e. The van der Waals surface area contributed by atoms with Gasteiger partial charge in [0.05, 0.1) is 0 Å². The van der Waals surface area contributed by atoms with Gasteiger partial charge in [-0.3, -0.25) is 0 Å². The molecule has 0 spiro atoms. The van der Waals surface area contributed by atoms with Crippen molar-refractivity contribution >= 4 is 5.97 Å². The Morgan fingerprint density at radius 3 is 1.82 bits per heavy atom. The van der Waals surface area contributed by atoms with E-state index in [1.807, 2.05) is 18.2 Å². The van der Waals surface area contributed by atoms with Gasteiger partial charge in [-0.1, -0.05) is 101 Å². The average Bonchev–Trinajstić information content (AvgIpc) is 2.50. The van der Waals surface area contributed by atoms with E-state index >= 15 is 0 Å². The number of aliphatic carboxylic acids is 1. The van der Waals surface area contributed by atoms with E-state index in [1.54, 1.807) is 6.08 Å². The standard InChI is InChI=1S/C20H32O2/c1-2-3-4-5-6-7-8-9-10-11-12-13-14-15-16-17-18-19-20(21)22/h12-19H,2-11H2,1H3,(H,21,22)/b13-12+,15-14-,17-16+,19-18?. The lowest BCUT2D eigenvalue weighted by Gasteiger charge is -2.00. The second-order valence-electron chi connectivity index (χ2n) is 5.51. The monoisotopic (exact) mass is 304 g/mol. The zero-order valence-corrected chi connectivity index (χ0v) is 14.0. The second-order valence-corrected chi connectivity index (χ2v) is 5.51. The number of carbonyl (C=O) groups is 1. The van der Waals surface area contributed by atoms with Crippen LogP contribution >= 0.6 is 0 Å². The van der Waals surface area contributed by atoms with Gasteiger partial charge >= 0.3 is 5.97 Å². The number of rotatable bonds is 14. The Balaban J connectivity index is 3.35. The predicted molar refractivity (Wildman–Crippen MR) is 96.0 cm³/mol. The molecule has 22 heavy (non-hydrogen) atoms. The van der Waals surface area contributed by atoms with E-state index in [-0.39, 0.29) is 0 Å². The van der Waals surface area contributed by atoms with Crippen molar-refractivity contribution in [2.24, 2.45) is 0 Å². The third-order valence-electron chi connectivity index (χ3n) is 3.40. The molecule has 0 saturated carbocycles. The molecule has 0 aromatic rings. The molecular weight excluding hydrogens is 272 g/mol. The summed E-state index contributed by atoms with van der Waals surface area (Å²) >= 11 is 0. The Labute approximate surface area is 136 Å². The van der Waals surface area contributed by atoms with Crippen LogP contribution in [-0.2, 0) is 4.79 Å². The smallest absolute Gasteiger partial charge is 0.328 e. The van der Waals surface area contributed by atoms with Crippen LogP contribution in [-0.4, -0.2) is 11.1 Å². The van der Waals surface area contributed by atoms with Crippen molar-refractivity contribution in [1.82, 2.24) is 0 Å². The SMILES string of the molecule is CCCCCCCCCCC/C=C/C=C\C=C\C=CC(=O)O. The molecule has 0 aromatic heterocycles. The van der Waals surface area contributed by atoms with Crippen LogP contribution in [0.4, 0.5) is 0 Å². The molecule has 0 rings (SSSR count). The first kappa shape index (κ1) is 20.4. The van der Waals surface area contributed by atoms with Crippen molar-refractivity contribution in [1.29, 1.82) is 0 Å². The van der Waals surface area contributed by atoms with E-state index in [4.69, 9.17) is 5.11 Å². The van der Waals surface area contributed by atoms with Crippen LogP contribution < -0.4 is 0 Å². The number of carboxylic acid groups (broad SMARTS) is 1. The summed E-state index contributed by atoms with van der Waals surface area (Å²) in [6.07, 6.45) is 27.7.